The van der Waals surface area contributed by atoms with Gasteiger partial charge in [-0.15, -0.1) is 0 Å². The van der Waals surface area contributed by atoms with E-state index in [1.54, 1.807) is 7.11 Å². The van der Waals surface area contributed by atoms with Crippen LogP contribution in [0.5, 0.6) is 0 Å². The third-order valence-corrected chi connectivity index (χ3v) is 10.00. The summed E-state index contributed by atoms with van der Waals surface area (Å²) in [7, 11) is 1.78. The van der Waals surface area contributed by atoms with Crippen molar-refractivity contribution < 1.29 is 9.31 Å². The second kappa shape index (κ2) is 25.2. The molecule has 0 aromatic heterocycles. The lowest BCUT2D eigenvalue weighted by molar-refractivity contribution is -0.527. The van der Waals surface area contributed by atoms with Crippen molar-refractivity contribution >= 4 is 22.7 Å². The zero-order valence-corrected chi connectivity index (χ0v) is 34.1. The summed E-state index contributed by atoms with van der Waals surface area (Å²) in [6.07, 6.45) is 30.1. The number of nitrogens with zero attached hydrogens (tertiary/aromatic N) is 3. The molecule has 0 saturated heterocycles. The second-order valence-electron chi connectivity index (χ2n) is 14.3. The van der Waals surface area contributed by atoms with Gasteiger partial charge in [0.1, 0.15) is 18.8 Å². The molecule has 0 aliphatic heterocycles. The second-order valence-corrected chi connectivity index (χ2v) is 14.3. The van der Waals surface area contributed by atoms with Gasteiger partial charge in [0.05, 0.1) is 7.11 Å². The molecule has 3 rings (SSSR count). The summed E-state index contributed by atoms with van der Waals surface area (Å²) in [5.41, 5.74) is 8.67. The lowest BCUT2D eigenvalue weighted by Gasteiger charge is -2.25. The summed E-state index contributed by atoms with van der Waals surface area (Å²) in [4.78, 5) is 5.12. The largest absolute Gasteiger partial charge is 0.497 e. The lowest BCUT2D eigenvalue weighted by Crippen LogP contribution is -2.25. The van der Waals surface area contributed by atoms with E-state index >= 15 is 0 Å². The number of methoxy groups -OCH3 is 1. The Kier molecular flexibility index (Phi) is 20.7. The van der Waals surface area contributed by atoms with Crippen molar-refractivity contribution in [1.29, 1.82) is 0 Å². The zero-order chi connectivity index (χ0) is 37.4. The van der Waals surface area contributed by atoms with E-state index in [1.807, 2.05) is 0 Å². The predicted octanol–water partition coefficient (Wildman–Crippen LogP) is 12.6. The van der Waals surface area contributed by atoms with Crippen molar-refractivity contribution in [1.82, 2.24) is 0 Å². The van der Waals surface area contributed by atoms with Gasteiger partial charge in [-0.2, -0.15) is 0 Å². The minimum atomic E-state index is 0.833. The van der Waals surface area contributed by atoms with Gasteiger partial charge in [-0.1, -0.05) is 110 Å². The Bertz CT molecular complexity index is 1360. The van der Waals surface area contributed by atoms with Crippen molar-refractivity contribution in [2.45, 2.75) is 119 Å². The topological polar surface area (TPSA) is 18.7 Å². The quantitative estimate of drug-likeness (QED) is 0.0582. The van der Waals surface area contributed by atoms with Crippen LogP contribution in [0.1, 0.15) is 130 Å². The summed E-state index contributed by atoms with van der Waals surface area (Å²) >= 11 is 0. The molecule has 4 heteroatoms. The van der Waals surface area contributed by atoms with Crippen LogP contribution in [-0.2, 0) is 4.74 Å². The summed E-state index contributed by atoms with van der Waals surface area (Å²) < 4.78 is 8.57. The minimum absolute atomic E-state index is 0.833. The molecular weight excluding hydrogens is 635 g/mol. The molecule has 4 nitrogen and oxygen atoms in total. The molecule has 0 spiro atoms. The van der Waals surface area contributed by atoms with Crippen LogP contribution in [0, 0.1) is 0 Å². The number of rotatable bonds is 25. The number of benzene rings is 2. The molecule has 284 valence electrons. The average Bonchev–Trinajstić information content (AvgIpc) is 3.19. The van der Waals surface area contributed by atoms with Gasteiger partial charge >= 0.3 is 0 Å². The van der Waals surface area contributed by atoms with Crippen molar-refractivity contribution in [2.24, 2.45) is 0 Å². The minimum Gasteiger partial charge on any atom is -0.497 e. The van der Waals surface area contributed by atoms with Gasteiger partial charge in [0.25, 0.3) is 0 Å². The number of unbranched alkanes of at least 4 members (excludes halogenated alkanes) is 6. The first-order valence-electron chi connectivity index (χ1n) is 20.9. The van der Waals surface area contributed by atoms with Crippen molar-refractivity contribution in [3.8, 4) is 0 Å². The van der Waals surface area contributed by atoms with Gasteiger partial charge in [-0.05, 0) is 96.5 Å². The molecule has 0 heterocycles. The number of hydrogen-bond donors (Lipinski definition) is 0. The Morgan fingerprint density at radius 1 is 0.558 bits per heavy atom. The molecule has 0 bridgehead atoms. The standard InChI is InChI=1S/C48H72N3O/c1-8-14-34-49(35-15-9-2)44-27-20-41(21-28-44)22-33-47(52-7)40-48(42-23-29-45(30-24-42)50(36-16-10-3)37-17-11-4)43-25-31-46(32-26-43)51(38-18-12-5)39-19-13-6/h20-33,40H,8-19,34-39H2,1-7H3/q+1. The summed E-state index contributed by atoms with van der Waals surface area (Å²) in [6, 6.07) is 18.5. The van der Waals surface area contributed by atoms with Crippen LogP contribution in [0.15, 0.2) is 102 Å². The van der Waals surface area contributed by atoms with Crippen LogP contribution in [0.4, 0.5) is 11.4 Å². The number of hydrogen-bond acceptors (Lipinski definition) is 3. The Labute approximate surface area is 319 Å². The third-order valence-electron chi connectivity index (χ3n) is 10.00. The third kappa shape index (κ3) is 14.3. The van der Waals surface area contributed by atoms with Crippen LogP contribution < -0.4 is 9.80 Å². The molecule has 1 aliphatic carbocycles. The maximum atomic E-state index is 6.03. The van der Waals surface area contributed by atoms with Gasteiger partial charge in [0.2, 0.25) is 0 Å². The van der Waals surface area contributed by atoms with Gasteiger partial charge in [0.15, 0.2) is 5.71 Å². The molecule has 1 aliphatic rings. The van der Waals surface area contributed by atoms with E-state index in [0.29, 0.717) is 0 Å². The SMILES string of the molecule is CCCCN(CCCC)c1ccc(C(=C/C(=C/C=C2C=CC(=[N+](CCCC)CCCC)C=C2)OC)c2ccc(N(CCCC)CCCC)cc2)cc1. The number of allylic oxidation sites excluding steroid dienone is 8. The fourth-order valence-electron chi connectivity index (χ4n) is 6.53. The Morgan fingerprint density at radius 2 is 0.962 bits per heavy atom. The molecule has 0 radical (unpaired) electrons. The highest BCUT2D eigenvalue weighted by molar-refractivity contribution is 6.02. The van der Waals surface area contributed by atoms with Crippen LogP contribution >= 0.6 is 0 Å². The first-order valence-corrected chi connectivity index (χ1v) is 20.9. The zero-order valence-electron chi connectivity index (χ0n) is 34.1. The van der Waals surface area contributed by atoms with E-state index < -0.39 is 0 Å². The van der Waals surface area contributed by atoms with E-state index in [-0.39, 0.29) is 0 Å². The number of anilines is 2. The van der Waals surface area contributed by atoms with Gasteiger partial charge in [0, 0.05) is 62.5 Å². The highest BCUT2D eigenvalue weighted by atomic mass is 16.5. The molecule has 0 N–H and O–H groups in total. The summed E-state index contributed by atoms with van der Waals surface area (Å²) in [5.74, 6) is 0.833. The van der Waals surface area contributed by atoms with E-state index in [1.165, 1.54) is 116 Å². The van der Waals surface area contributed by atoms with Crippen LogP contribution in [0.25, 0.3) is 5.57 Å². The molecule has 0 saturated carbocycles. The van der Waals surface area contributed by atoms with E-state index in [4.69, 9.17) is 4.74 Å². The van der Waals surface area contributed by atoms with Crippen LogP contribution in [0.3, 0.4) is 0 Å². The Hall–Kier alpha value is -3.79. The molecule has 2 aromatic carbocycles. The fraction of sp³-hybridized carbons (Fsp3) is 0.521. The monoisotopic (exact) mass is 707 g/mol. The Balaban J connectivity index is 2.00. The van der Waals surface area contributed by atoms with E-state index in [2.05, 4.69) is 147 Å². The van der Waals surface area contributed by atoms with Crippen molar-refractivity contribution in [3.05, 3.63) is 114 Å². The van der Waals surface area contributed by atoms with Gasteiger partial charge in [-0.3, -0.25) is 0 Å². The van der Waals surface area contributed by atoms with Crippen LogP contribution in [0.2, 0.25) is 0 Å². The first kappa shape index (κ1) is 42.6. The summed E-state index contributed by atoms with van der Waals surface area (Å²) in [5, 5.41) is 0. The Morgan fingerprint density at radius 3 is 1.33 bits per heavy atom. The molecule has 0 atom stereocenters. The van der Waals surface area contributed by atoms with E-state index in [9.17, 15) is 0 Å². The van der Waals surface area contributed by atoms with E-state index in [0.717, 1.165) is 45.0 Å². The highest BCUT2D eigenvalue weighted by Gasteiger charge is 2.14. The molecule has 2 aromatic rings. The molecule has 0 amide bonds. The molecule has 0 unspecified atom stereocenters. The fourth-order valence-corrected chi connectivity index (χ4v) is 6.53. The highest BCUT2D eigenvalue weighted by Crippen LogP contribution is 2.30. The maximum absolute atomic E-state index is 6.03. The van der Waals surface area contributed by atoms with Crippen molar-refractivity contribution in [3.63, 3.8) is 0 Å². The smallest absolute Gasteiger partial charge is 0.199 e. The number of ether oxygens (including phenoxy) is 1. The molecule has 0 fully saturated rings. The summed E-state index contributed by atoms with van der Waals surface area (Å²) in [6.45, 7) is 20.3. The lowest BCUT2D eigenvalue weighted by atomic mass is 9.96. The molecular formula is C48H72N3O+. The molecule has 52 heavy (non-hydrogen) atoms. The predicted molar refractivity (Wildman–Crippen MR) is 230 cm³/mol. The van der Waals surface area contributed by atoms with Gasteiger partial charge < -0.3 is 14.5 Å². The average molecular weight is 707 g/mol. The van der Waals surface area contributed by atoms with Crippen LogP contribution in [-0.4, -0.2) is 56.7 Å². The van der Waals surface area contributed by atoms with Crippen molar-refractivity contribution in [2.75, 3.05) is 56.2 Å². The van der Waals surface area contributed by atoms with Gasteiger partial charge in [-0.25, -0.2) is 4.58 Å². The maximum Gasteiger partial charge on any atom is 0.199 e. The first-order chi connectivity index (χ1) is 25.5. The normalized spacial score (nSPS) is 12.6.